The summed E-state index contributed by atoms with van der Waals surface area (Å²) in [5.41, 5.74) is 1.04. The predicted octanol–water partition coefficient (Wildman–Crippen LogP) is 0.935. The van der Waals surface area contributed by atoms with Crippen LogP contribution >= 0.6 is 0 Å². The number of pyridine rings is 1. The summed E-state index contributed by atoms with van der Waals surface area (Å²) in [5, 5.41) is 0. The molecule has 0 aliphatic carbocycles. The zero-order valence-corrected chi connectivity index (χ0v) is 10.6. The SMILES string of the molecule is CC(=O)Oc1ccc(C)cn1.[K]. The Labute approximate surface area is 114 Å². The van der Waals surface area contributed by atoms with Crippen molar-refractivity contribution in [3.05, 3.63) is 23.9 Å². The maximum atomic E-state index is 10.4. The number of nitrogens with zero attached hydrogens (tertiary/aromatic N) is 1. The van der Waals surface area contributed by atoms with E-state index in [9.17, 15) is 4.79 Å². The van der Waals surface area contributed by atoms with Gasteiger partial charge < -0.3 is 4.74 Å². The van der Waals surface area contributed by atoms with Crippen LogP contribution in [0.4, 0.5) is 0 Å². The first-order valence-electron chi connectivity index (χ1n) is 3.29. The van der Waals surface area contributed by atoms with Crippen LogP contribution in [0.5, 0.6) is 5.88 Å². The number of hydrogen-bond donors (Lipinski definition) is 0. The molecule has 0 aliphatic rings. The summed E-state index contributed by atoms with van der Waals surface area (Å²) in [6.07, 6.45) is 1.65. The van der Waals surface area contributed by atoms with Crippen LogP contribution in [0.25, 0.3) is 0 Å². The predicted molar refractivity (Wildman–Crippen MR) is 46.0 cm³/mol. The molecule has 1 radical (unpaired) electrons. The van der Waals surface area contributed by atoms with Gasteiger partial charge >= 0.3 is 5.97 Å². The fourth-order valence-electron chi connectivity index (χ4n) is 0.662. The number of esters is 1. The Bertz CT molecular complexity index is 258. The van der Waals surface area contributed by atoms with Gasteiger partial charge in [-0.2, -0.15) is 0 Å². The fraction of sp³-hybridized carbons (Fsp3) is 0.250. The van der Waals surface area contributed by atoms with Gasteiger partial charge in [-0.05, 0) is 12.5 Å². The molecule has 0 unspecified atom stereocenters. The molecular weight excluding hydrogens is 181 g/mol. The molecule has 0 fully saturated rings. The zero-order chi connectivity index (χ0) is 8.27. The van der Waals surface area contributed by atoms with E-state index in [-0.39, 0.29) is 57.4 Å². The van der Waals surface area contributed by atoms with E-state index in [0.717, 1.165) is 5.56 Å². The van der Waals surface area contributed by atoms with Crippen molar-refractivity contribution in [2.45, 2.75) is 13.8 Å². The molecule has 0 atom stereocenters. The number of ether oxygens (including phenoxy) is 1. The second-order valence-corrected chi connectivity index (χ2v) is 2.27. The van der Waals surface area contributed by atoms with Crippen LogP contribution in [0.15, 0.2) is 18.3 Å². The quantitative estimate of drug-likeness (QED) is 0.488. The summed E-state index contributed by atoms with van der Waals surface area (Å²) < 4.78 is 4.72. The molecular formula is C8H9KNO2. The van der Waals surface area contributed by atoms with Gasteiger partial charge in [-0.1, -0.05) is 6.07 Å². The van der Waals surface area contributed by atoms with E-state index in [1.807, 2.05) is 13.0 Å². The summed E-state index contributed by atoms with van der Waals surface area (Å²) in [7, 11) is 0. The van der Waals surface area contributed by atoms with Gasteiger partial charge in [0, 0.05) is 70.6 Å². The molecule has 0 bridgehead atoms. The van der Waals surface area contributed by atoms with Gasteiger partial charge in [0.05, 0.1) is 0 Å². The third kappa shape index (κ3) is 4.32. The van der Waals surface area contributed by atoms with Crippen LogP contribution < -0.4 is 4.74 Å². The molecule has 0 saturated carbocycles. The van der Waals surface area contributed by atoms with E-state index in [1.165, 1.54) is 6.92 Å². The van der Waals surface area contributed by atoms with E-state index < -0.39 is 0 Å². The number of rotatable bonds is 1. The van der Waals surface area contributed by atoms with E-state index in [2.05, 4.69) is 4.98 Å². The number of carbonyl (C=O) groups is 1. The van der Waals surface area contributed by atoms with Crippen LogP contribution in [0.2, 0.25) is 0 Å². The second kappa shape index (κ2) is 5.83. The van der Waals surface area contributed by atoms with E-state index in [1.54, 1.807) is 12.3 Å². The Balaban J connectivity index is 0.00000121. The maximum Gasteiger partial charge on any atom is 0.309 e. The number of carbonyl (C=O) groups excluding carboxylic acids is 1. The fourth-order valence-corrected chi connectivity index (χ4v) is 0.662. The van der Waals surface area contributed by atoms with Gasteiger partial charge in [0.2, 0.25) is 5.88 Å². The van der Waals surface area contributed by atoms with Crippen molar-refractivity contribution in [3.8, 4) is 5.88 Å². The topological polar surface area (TPSA) is 39.2 Å². The van der Waals surface area contributed by atoms with Crippen molar-refractivity contribution in [3.63, 3.8) is 0 Å². The minimum Gasteiger partial charge on any atom is -0.408 e. The smallest absolute Gasteiger partial charge is 0.309 e. The Morgan fingerprint density at radius 2 is 2.17 bits per heavy atom. The summed E-state index contributed by atoms with van der Waals surface area (Å²) in [5.74, 6) is 0.00412. The van der Waals surface area contributed by atoms with Gasteiger partial charge in [-0.25, -0.2) is 4.98 Å². The van der Waals surface area contributed by atoms with Crippen molar-refractivity contribution in [2.75, 3.05) is 0 Å². The molecule has 0 N–H and O–H groups in total. The first-order valence-corrected chi connectivity index (χ1v) is 3.29. The molecule has 1 heterocycles. The molecule has 0 saturated heterocycles. The van der Waals surface area contributed by atoms with Crippen LogP contribution in [0.1, 0.15) is 12.5 Å². The van der Waals surface area contributed by atoms with Crippen molar-refractivity contribution >= 4 is 57.4 Å². The number of aromatic nitrogens is 1. The minimum atomic E-state index is -0.346. The molecule has 0 aliphatic heterocycles. The van der Waals surface area contributed by atoms with Crippen LogP contribution in [0.3, 0.4) is 0 Å². The van der Waals surface area contributed by atoms with Gasteiger partial charge in [0.15, 0.2) is 0 Å². The van der Waals surface area contributed by atoms with Gasteiger partial charge in [0.25, 0.3) is 0 Å². The minimum absolute atomic E-state index is 0. The summed E-state index contributed by atoms with van der Waals surface area (Å²) in [6, 6.07) is 3.50. The molecule has 0 amide bonds. The molecule has 1 aromatic heterocycles. The molecule has 0 spiro atoms. The summed E-state index contributed by atoms with van der Waals surface area (Å²) in [6.45, 7) is 3.27. The van der Waals surface area contributed by atoms with E-state index in [0.29, 0.717) is 5.88 Å². The molecule has 3 nitrogen and oxygen atoms in total. The molecule has 4 heteroatoms. The maximum absolute atomic E-state index is 10.4. The standard InChI is InChI=1S/C8H9NO2.K/c1-6-3-4-8(9-5-6)11-7(2)10;/h3-5H,1-2H3;. The largest absolute Gasteiger partial charge is 0.408 e. The molecule has 59 valence electrons. The van der Waals surface area contributed by atoms with E-state index >= 15 is 0 Å². The summed E-state index contributed by atoms with van der Waals surface area (Å²) >= 11 is 0. The van der Waals surface area contributed by atoms with Crippen molar-refractivity contribution in [2.24, 2.45) is 0 Å². The van der Waals surface area contributed by atoms with Crippen molar-refractivity contribution in [1.82, 2.24) is 4.98 Å². The second-order valence-electron chi connectivity index (χ2n) is 2.27. The third-order valence-corrected chi connectivity index (χ3v) is 1.13. The molecule has 1 aromatic rings. The zero-order valence-electron chi connectivity index (χ0n) is 7.50. The molecule has 0 aromatic carbocycles. The average Bonchev–Trinajstić information content (AvgIpc) is 1.93. The van der Waals surface area contributed by atoms with Crippen LogP contribution in [0, 0.1) is 6.92 Å². The van der Waals surface area contributed by atoms with E-state index in [4.69, 9.17) is 4.74 Å². The number of hydrogen-bond acceptors (Lipinski definition) is 3. The Morgan fingerprint density at radius 3 is 2.58 bits per heavy atom. The third-order valence-electron chi connectivity index (χ3n) is 1.13. The first-order chi connectivity index (χ1) is 5.18. The van der Waals surface area contributed by atoms with Crippen molar-refractivity contribution in [1.29, 1.82) is 0 Å². The normalized spacial score (nSPS) is 8.50. The van der Waals surface area contributed by atoms with Crippen LogP contribution in [-0.2, 0) is 4.79 Å². The number of aryl methyl sites for hydroxylation is 1. The Hall–Kier alpha value is 0.256. The Kier molecular flexibility index (Phi) is 5.95. The monoisotopic (exact) mass is 190 g/mol. The first kappa shape index (κ1) is 12.3. The van der Waals surface area contributed by atoms with Gasteiger partial charge in [0.1, 0.15) is 0 Å². The summed E-state index contributed by atoms with van der Waals surface area (Å²) in [4.78, 5) is 14.3. The van der Waals surface area contributed by atoms with Gasteiger partial charge in [-0.15, -0.1) is 0 Å². The van der Waals surface area contributed by atoms with Crippen molar-refractivity contribution < 1.29 is 9.53 Å². The average molecular weight is 190 g/mol. The van der Waals surface area contributed by atoms with Crippen LogP contribution in [-0.4, -0.2) is 62.3 Å². The Morgan fingerprint density at radius 1 is 1.50 bits per heavy atom. The molecule has 1 rings (SSSR count). The van der Waals surface area contributed by atoms with Gasteiger partial charge in [-0.3, -0.25) is 4.79 Å². The molecule has 12 heavy (non-hydrogen) atoms.